The van der Waals surface area contributed by atoms with E-state index in [-0.39, 0.29) is 36.4 Å². The van der Waals surface area contributed by atoms with Gasteiger partial charge < -0.3 is 24.6 Å². The molecular weight excluding hydrogens is 386 g/mol. The maximum Gasteiger partial charge on any atom is 0.253 e. The fraction of sp³-hybridized carbons (Fsp3) is 0.591. The second kappa shape index (κ2) is 10.5. The van der Waals surface area contributed by atoms with Crippen molar-refractivity contribution in [2.45, 2.75) is 44.7 Å². The average molecular weight is 418 g/mol. The molecule has 8 nitrogen and oxygen atoms in total. The SMILES string of the molecule is COCC(=O)N(C1CCOCC1)C1CCCN(C(=O)c2cccc(NC(C)=O)c2)C1. The van der Waals surface area contributed by atoms with Gasteiger partial charge in [-0.1, -0.05) is 6.07 Å². The van der Waals surface area contributed by atoms with Crippen LogP contribution in [0, 0.1) is 0 Å². The van der Waals surface area contributed by atoms with E-state index in [1.165, 1.54) is 14.0 Å². The fourth-order valence-electron chi connectivity index (χ4n) is 4.35. The van der Waals surface area contributed by atoms with E-state index >= 15 is 0 Å². The Morgan fingerprint density at radius 2 is 1.97 bits per heavy atom. The van der Waals surface area contributed by atoms with E-state index in [1.54, 1.807) is 24.3 Å². The van der Waals surface area contributed by atoms with Crippen molar-refractivity contribution in [3.05, 3.63) is 29.8 Å². The first-order valence-electron chi connectivity index (χ1n) is 10.5. The number of hydrogen-bond donors (Lipinski definition) is 1. The molecular formula is C22H31N3O5. The van der Waals surface area contributed by atoms with Crippen LogP contribution in [-0.4, -0.2) is 79.6 Å². The molecule has 1 atom stereocenters. The van der Waals surface area contributed by atoms with Gasteiger partial charge in [-0.3, -0.25) is 14.4 Å². The van der Waals surface area contributed by atoms with Crippen LogP contribution in [0.25, 0.3) is 0 Å². The van der Waals surface area contributed by atoms with Gasteiger partial charge in [0.15, 0.2) is 0 Å². The smallest absolute Gasteiger partial charge is 0.253 e. The second-order valence-electron chi connectivity index (χ2n) is 7.89. The number of carbonyl (C=O) groups excluding carboxylic acids is 3. The predicted molar refractivity (Wildman–Crippen MR) is 112 cm³/mol. The van der Waals surface area contributed by atoms with Gasteiger partial charge >= 0.3 is 0 Å². The Bertz CT molecular complexity index is 763. The number of methoxy groups -OCH3 is 1. The van der Waals surface area contributed by atoms with Crippen LogP contribution in [0.15, 0.2) is 24.3 Å². The number of likely N-dealkylation sites (tertiary alicyclic amines) is 1. The molecule has 0 spiro atoms. The van der Waals surface area contributed by atoms with Gasteiger partial charge in [0.1, 0.15) is 6.61 Å². The minimum absolute atomic E-state index is 0.0312. The Morgan fingerprint density at radius 1 is 1.20 bits per heavy atom. The summed E-state index contributed by atoms with van der Waals surface area (Å²) in [4.78, 5) is 41.1. The molecule has 0 saturated carbocycles. The Hall–Kier alpha value is -2.45. The van der Waals surface area contributed by atoms with Crippen LogP contribution in [0.2, 0.25) is 0 Å². The number of carbonyl (C=O) groups is 3. The molecule has 1 N–H and O–H groups in total. The Labute approximate surface area is 177 Å². The van der Waals surface area contributed by atoms with Crippen molar-refractivity contribution in [1.29, 1.82) is 0 Å². The maximum atomic E-state index is 13.1. The van der Waals surface area contributed by atoms with Gasteiger partial charge in [0, 0.05) is 63.7 Å². The number of anilines is 1. The number of nitrogens with one attached hydrogen (secondary N) is 1. The summed E-state index contributed by atoms with van der Waals surface area (Å²) in [6, 6.07) is 7.05. The van der Waals surface area contributed by atoms with Crippen LogP contribution < -0.4 is 5.32 Å². The van der Waals surface area contributed by atoms with Gasteiger partial charge in [-0.15, -0.1) is 0 Å². The van der Waals surface area contributed by atoms with Crippen molar-refractivity contribution in [2.75, 3.05) is 45.3 Å². The highest BCUT2D eigenvalue weighted by Crippen LogP contribution is 2.25. The molecule has 0 bridgehead atoms. The quantitative estimate of drug-likeness (QED) is 0.764. The van der Waals surface area contributed by atoms with Crippen LogP contribution >= 0.6 is 0 Å². The number of nitrogens with zero attached hydrogens (tertiary/aromatic N) is 2. The molecule has 0 aliphatic carbocycles. The lowest BCUT2D eigenvalue weighted by Crippen LogP contribution is -2.56. The molecule has 2 aliphatic rings. The van der Waals surface area contributed by atoms with Crippen molar-refractivity contribution < 1.29 is 23.9 Å². The summed E-state index contributed by atoms with van der Waals surface area (Å²) >= 11 is 0. The Morgan fingerprint density at radius 3 is 2.67 bits per heavy atom. The zero-order chi connectivity index (χ0) is 21.5. The highest BCUT2D eigenvalue weighted by atomic mass is 16.5. The Kier molecular flexibility index (Phi) is 7.81. The first-order valence-corrected chi connectivity index (χ1v) is 10.5. The molecule has 164 valence electrons. The Balaban J connectivity index is 1.74. The molecule has 2 aliphatic heterocycles. The van der Waals surface area contributed by atoms with Crippen molar-refractivity contribution in [3.8, 4) is 0 Å². The number of amides is 3. The number of rotatable bonds is 6. The van der Waals surface area contributed by atoms with Gasteiger partial charge in [-0.05, 0) is 43.9 Å². The number of benzene rings is 1. The van der Waals surface area contributed by atoms with E-state index in [9.17, 15) is 14.4 Å². The minimum atomic E-state index is -0.179. The largest absolute Gasteiger partial charge is 0.381 e. The molecule has 2 fully saturated rings. The monoisotopic (exact) mass is 417 g/mol. The van der Waals surface area contributed by atoms with Crippen molar-refractivity contribution in [3.63, 3.8) is 0 Å². The molecule has 0 radical (unpaired) electrons. The van der Waals surface area contributed by atoms with Gasteiger partial charge in [0.25, 0.3) is 5.91 Å². The molecule has 2 saturated heterocycles. The summed E-state index contributed by atoms with van der Waals surface area (Å²) in [7, 11) is 1.53. The average Bonchev–Trinajstić information content (AvgIpc) is 2.74. The van der Waals surface area contributed by atoms with Gasteiger partial charge in [0.2, 0.25) is 11.8 Å². The van der Waals surface area contributed by atoms with E-state index in [4.69, 9.17) is 9.47 Å². The van der Waals surface area contributed by atoms with Crippen LogP contribution in [0.3, 0.4) is 0 Å². The molecule has 3 rings (SSSR count). The third-order valence-corrected chi connectivity index (χ3v) is 5.65. The second-order valence-corrected chi connectivity index (χ2v) is 7.89. The molecule has 1 unspecified atom stereocenters. The minimum Gasteiger partial charge on any atom is -0.381 e. The molecule has 0 aromatic heterocycles. The van der Waals surface area contributed by atoms with E-state index in [0.717, 1.165) is 25.7 Å². The molecule has 1 aromatic rings. The van der Waals surface area contributed by atoms with Crippen molar-refractivity contribution in [2.24, 2.45) is 0 Å². The van der Waals surface area contributed by atoms with Crippen LogP contribution in [0.5, 0.6) is 0 Å². The van der Waals surface area contributed by atoms with Gasteiger partial charge in [0.05, 0.1) is 0 Å². The summed E-state index contributed by atoms with van der Waals surface area (Å²) in [6.45, 7) is 3.92. The zero-order valence-corrected chi connectivity index (χ0v) is 17.8. The fourth-order valence-corrected chi connectivity index (χ4v) is 4.35. The van der Waals surface area contributed by atoms with Crippen LogP contribution in [0.4, 0.5) is 5.69 Å². The third-order valence-electron chi connectivity index (χ3n) is 5.65. The highest BCUT2D eigenvalue weighted by Gasteiger charge is 2.35. The first-order chi connectivity index (χ1) is 14.5. The summed E-state index contributed by atoms with van der Waals surface area (Å²) in [5, 5.41) is 2.71. The summed E-state index contributed by atoms with van der Waals surface area (Å²) in [5.74, 6) is -0.296. The third kappa shape index (κ3) is 5.58. The lowest BCUT2D eigenvalue weighted by Gasteiger charge is -2.44. The van der Waals surface area contributed by atoms with E-state index in [1.807, 2.05) is 9.80 Å². The number of ether oxygens (including phenoxy) is 2. The molecule has 3 amide bonds. The lowest BCUT2D eigenvalue weighted by molar-refractivity contribution is -0.144. The summed E-state index contributed by atoms with van der Waals surface area (Å²) in [6.07, 6.45) is 3.31. The van der Waals surface area contributed by atoms with E-state index < -0.39 is 0 Å². The van der Waals surface area contributed by atoms with Crippen molar-refractivity contribution >= 4 is 23.4 Å². The van der Waals surface area contributed by atoms with Crippen LogP contribution in [-0.2, 0) is 19.1 Å². The highest BCUT2D eigenvalue weighted by molar-refractivity contribution is 5.97. The molecule has 1 aromatic carbocycles. The standard InChI is InChI=1S/C22H31N3O5/c1-16(26)23-18-6-3-5-17(13-18)22(28)24-10-4-7-20(14-24)25(21(27)15-29-2)19-8-11-30-12-9-19/h3,5-6,13,19-20H,4,7-12,14-15H2,1-2H3,(H,23,26). The van der Waals surface area contributed by atoms with Crippen LogP contribution in [0.1, 0.15) is 43.0 Å². The summed E-state index contributed by atoms with van der Waals surface area (Å²) in [5.41, 5.74) is 1.13. The molecule has 30 heavy (non-hydrogen) atoms. The number of piperidine rings is 1. The normalized spacial score (nSPS) is 19.9. The van der Waals surface area contributed by atoms with Crippen molar-refractivity contribution in [1.82, 2.24) is 9.80 Å². The van der Waals surface area contributed by atoms with E-state index in [0.29, 0.717) is 37.6 Å². The lowest BCUT2D eigenvalue weighted by atomic mass is 9.98. The molecule has 2 heterocycles. The zero-order valence-electron chi connectivity index (χ0n) is 17.8. The van der Waals surface area contributed by atoms with Gasteiger partial charge in [-0.25, -0.2) is 0 Å². The number of hydrogen-bond acceptors (Lipinski definition) is 5. The topological polar surface area (TPSA) is 88.2 Å². The maximum absolute atomic E-state index is 13.1. The molecule has 8 heteroatoms. The first kappa shape index (κ1) is 22.2. The summed E-state index contributed by atoms with van der Waals surface area (Å²) < 4.78 is 10.6. The predicted octanol–water partition coefficient (Wildman–Crippen LogP) is 1.90. The van der Waals surface area contributed by atoms with E-state index in [2.05, 4.69) is 5.32 Å². The van der Waals surface area contributed by atoms with Gasteiger partial charge in [-0.2, -0.15) is 0 Å².